The number of rotatable bonds is 4. The Kier molecular flexibility index (Phi) is 4.60. The first-order chi connectivity index (χ1) is 14.5. The molecular formula is C23H26N4O3. The summed E-state index contributed by atoms with van der Waals surface area (Å²) >= 11 is 0. The number of hydrogen-bond acceptors (Lipinski definition) is 4. The summed E-state index contributed by atoms with van der Waals surface area (Å²) in [6.45, 7) is 5.13. The molecule has 1 atom stereocenters. The van der Waals surface area contributed by atoms with E-state index in [0.717, 1.165) is 40.9 Å². The molecule has 156 valence electrons. The zero-order valence-corrected chi connectivity index (χ0v) is 17.4. The van der Waals surface area contributed by atoms with Crippen LogP contribution in [0.4, 0.5) is 0 Å². The number of nitrogens with one attached hydrogen (secondary N) is 1. The Bertz CT molecular complexity index is 1120. The summed E-state index contributed by atoms with van der Waals surface area (Å²) in [4.78, 5) is 32.0. The van der Waals surface area contributed by atoms with Gasteiger partial charge in [0.05, 0.1) is 18.2 Å². The van der Waals surface area contributed by atoms with Crippen molar-refractivity contribution >= 4 is 22.8 Å². The largest absolute Gasteiger partial charge is 0.451 e. The molecule has 1 aliphatic carbocycles. The van der Waals surface area contributed by atoms with E-state index in [4.69, 9.17) is 9.40 Å². The number of hydrogen-bond donors (Lipinski definition) is 1. The first kappa shape index (κ1) is 18.9. The molecule has 0 spiro atoms. The summed E-state index contributed by atoms with van der Waals surface area (Å²) in [6, 6.07) is 7.84. The Morgan fingerprint density at radius 2 is 2.03 bits per heavy atom. The van der Waals surface area contributed by atoms with Crippen LogP contribution in [0.1, 0.15) is 59.9 Å². The number of aryl methyl sites for hydroxylation is 1. The lowest BCUT2D eigenvalue weighted by Gasteiger charge is -2.33. The minimum absolute atomic E-state index is 0.0219. The molecular weight excluding hydrogens is 380 g/mol. The highest BCUT2D eigenvalue weighted by Crippen LogP contribution is 2.31. The van der Waals surface area contributed by atoms with Gasteiger partial charge in [0.15, 0.2) is 5.76 Å². The topological polar surface area (TPSA) is 80.4 Å². The van der Waals surface area contributed by atoms with Gasteiger partial charge in [0, 0.05) is 36.3 Å². The third-order valence-corrected chi connectivity index (χ3v) is 6.39. The van der Waals surface area contributed by atoms with Crippen LogP contribution < -0.4 is 5.32 Å². The normalized spacial score (nSPS) is 18.9. The van der Waals surface area contributed by atoms with Crippen LogP contribution in [0.2, 0.25) is 0 Å². The van der Waals surface area contributed by atoms with E-state index in [2.05, 4.69) is 9.88 Å². The van der Waals surface area contributed by atoms with Crippen molar-refractivity contribution in [1.82, 2.24) is 19.8 Å². The third kappa shape index (κ3) is 3.18. The quantitative estimate of drug-likeness (QED) is 0.720. The fraction of sp³-hybridized carbons (Fsp3) is 0.435. The van der Waals surface area contributed by atoms with Crippen molar-refractivity contribution < 1.29 is 14.0 Å². The molecule has 1 saturated carbocycles. The fourth-order valence-corrected chi connectivity index (χ4v) is 4.41. The summed E-state index contributed by atoms with van der Waals surface area (Å²) in [5.74, 6) is 1.11. The van der Waals surface area contributed by atoms with Crippen LogP contribution in [-0.4, -0.2) is 38.9 Å². The monoisotopic (exact) mass is 406 g/mol. The highest BCUT2D eigenvalue weighted by Gasteiger charge is 2.33. The molecule has 2 aromatic heterocycles. The average Bonchev–Trinajstić information content (AvgIpc) is 3.26. The zero-order valence-electron chi connectivity index (χ0n) is 17.4. The molecule has 1 aliphatic heterocycles. The van der Waals surface area contributed by atoms with Crippen molar-refractivity contribution in [2.45, 2.75) is 58.2 Å². The number of amides is 2. The first-order valence-corrected chi connectivity index (χ1v) is 10.7. The van der Waals surface area contributed by atoms with E-state index >= 15 is 0 Å². The lowest BCUT2D eigenvalue weighted by molar-refractivity contribution is -0.121. The summed E-state index contributed by atoms with van der Waals surface area (Å²) < 4.78 is 7.95. The Balaban J connectivity index is 1.34. The number of imidazole rings is 1. The zero-order chi connectivity index (χ0) is 20.8. The molecule has 7 heteroatoms. The van der Waals surface area contributed by atoms with Crippen molar-refractivity contribution in [3.05, 3.63) is 53.3 Å². The van der Waals surface area contributed by atoms with Crippen molar-refractivity contribution in [3.63, 3.8) is 0 Å². The van der Waals surface area contributed by atoms with E-state index in [-0.39, 0.29) is 24.3 Å². The molecule has 0 radical (unpaired) electrons. The molecule has 1 aromatic carbocycles. The average molecular weight is 406 g/mol. The van der Waals surface area contributed by atoms with Gasteiger partial charge < -0.3 is 19.2 Å². The number of para-hydroxylation sites is 1. The maximum atomic E-state index is 13.3. The number of aromatic nitrogens is 2. The van der Waals surface area contributed by atoms with Crippen molar-refractivity contribution in [2.75, 3.05) is 6.54 Å². The SMILES string of the molecule is Cc1c(C(=O)N2CCn3cc(CC(=O)NC4CCC4)nc3[C@@H]2C)oc2ccccc12. The number of furan rings is 1. The van der Waals surface area contributed by atoms with Crippen LogP contribution in [0, 0.1) is 6.92 Å². The van der Waals surface area contributed by atoms with Crippen LogP contribution in [0.3, 0.4) is 0 Å². The molecule has 1 fully saturated rings. The van der Waals surface area contributed by atoms with Gasteiger partial charge in [-0.05, 0) is 39.2 Å². The van der Waals surface area contributed by atoms with Gasteiger partial charge >= 0.3 is 0 Å². The number of carbonyl (C=O) groups excluding carboxylic acids is 2. The summed E-state index contributed by atoms with van der Waals surface area (Å²) in [6.07, 6.45) is 5.55. The molecule has 2 amide bonds. The number of nitrogens with zero attached hydrogens (tertiary/aromatic N) is 3. The molecule has 7 nitrogen and oxygen atoms in total. The van der Waals surface area contributed by atoms with E-state index in [0.29, 0.717) is 24.9 Å². The van der Waals surface area contributed by atoms with Crippen LogP contribution in [0.15, 0.2) is 34.9 Å². The van der Waals surface area contributed by atoms with E-state index in [1.54, 1.807) is 0 Å². The molecule has 2 aliphatic rings. The van der Waals surface area contributed by atoms with E-state index in [9.17, 15) is 9.59 Å². The van der Waals surface area contributed by atoms with E-state index < -0.39 is 0 Å². The minimum Gasteiger partial charge on any atom is -0.451 e. The van der Waals surface area contributed by atoms with Gasteiger partial charge in [0.2, 0.25) is 5.91 Å². The molecule has 30 heavy (non-hydrogen) atoms. The Labute approximate surface area is 175 Å². The standard InChI is InChI=1S/C23H26N4O3/c1-14-18-8-3-4-9-19(18)30-21(14)23(29)27-11-10-26-13-17(25-22(26)15(27)2)12-20(28)24-16-6-5-7-16/h3-4,8-9,13,15-16H,5-7,10-12H2,1-2H3,(H,24,28)/t15-/m0/s1. The molecule has 1 N–H and O–H groups in total. The third-order valence-electron chi connectivity index (χ3n) is 6.39. The van der Waals surface area contributed by atoms with Crippen molar-refractivity contribution in [3.8, 4) is 0 Å². The molecule has 0 saturated heterocycles. The van der Waals surface area contributed by atoms with Crippen LogP contribution in [-0.2, 0) is 17.8 Å². The maximum absolute atomic E-state index is 13.3. The highest BCUT2D eigenvalue weighted by molar-refractivity contribution is 5.99. The smallest absolute Gasteiger partial charge is 0.290 e. The van der Waals surface area contributed by atoms with Gasteiger partial charge in [0.1, 0.15) is 11.4 Å². The van der Waals surface area contributed by atoms with Gasteiger partial charge in [-0.2, -0.15) is 0 Å². The van der Waals surface area contributed by atoms with Crippen LogP contribution in [0.25, 0.3) is 11.0 Å². The Morgan fingerprint density at radius 1 is 1.23 bits per heavy atom. The van der Waals surface area contributed by atoms with Crippen molar-refractivity contribution in [1.29, 1.82) is 0 Å². The minimum atomic E-state index is -0.192. The van der Waals surface area contributed by atoms with Crippen molar-refractivity contribution in [2.24, 2.45) is 0 Å². The van der Waals surface area contributed by atoms with E-state index in [1.165, 1.54) is 6.42 Å². The number of benzene rings is 1. The molecule has 3 aromatic rings. The van der Waals surface area contributed by atoms with Crippen LogP contribution >= 0.6 is 0 Å². The predicted octanol–water partition coefficient (Wildman–Crippen LogP) is 3.37. The van der Waals surface area contributed by atoms with Gasteiger partial charge in [-0.25, -0.2) is 4.98 Å². The maximum Gasteiger partial charge on any atom is 0.290 e. The highest BCUT2D eigenvalue weighted by atomic mass is 16.3. The molecule has 5 rings (SSSR count). The number of fused-ring (bicyclic) bond motifs is 2. The Hall–Kier alpha value is -3.09. The fourth-order valence-electron chi connectivity index (χ4n) is 4.41. The lowest BCUT2D eigenvalue weighted by atomic mass is 9.93. The summed E-state index contributed by atoms with van der Waals surface area (Å²) in [5, 5.41) is 4.02. The molecule has 0 bridgehead atoms. The summed E-state index contributed by atoms with van der Waals surface area (Å²) in [7, 11) is 0. The second kappa shape index (κ2) is 7.31. The first-order valence-electron chi connectivity index (χ1n) is 10.7. The lowest BCUT2D eigenvalue weighted by Crippen LogP contribution is -2.41. The van der Waals surface area contributed by atoms with Gasteiger partial charge in [-0.3, -0.25) is 9.59 Å². The van der Waals surface area contributed by atoms with Gasteiger partial charge in [-0.1, -0.05) is 18.2 Å². The van der Waals surface area contributed by atoms with E-state index in [1.807, 2.05) is 49.2 Å². The van der Waals surface area contributed by atoms with Crippen LogP contribution in [0.5, 0.6) is 0 Å². The molecule has 0 unspecified atom stereocenters. The second-order valence-electron chi connectivity index (χ2n) is 8.38. The van der Waals surface area contributed by atoms with Gasteiger partial charge in [-0.15, -0.1) is 0 Å². The second-order valence-corrected chi connectivity index (χ2v) is 8.38. The number of carbonyl (C=O) groups is 2. The summed E-state index contributed by atoms with van der Waals surface area (Å²) in [5.41, 5.74) is 2.34. The predicted molar refractivity (Wildman–Crippen MR) is 112 cm³/mol. The molecule has 3 heterocycles. The van der Waals surface area contributed by atoms with Gasteiger partial charge in [0.25, 0.3) is 5.91 Å². The Morgan fingerprint density at radius 3 is 2.77 bits per heavy atom.